The number of hydrogen-bond donors (Lipinski definition) is 2. The van der Waals surface area contributed by atoms with Crippen LogP contribution in [0.25, 0.3) is 0 Å². The predicted molar refractivity (Wildman–Crippen MR) is 76.1 cm³/mol. The zero-order chi connectivity index (χ0) is 15.3. The minimum atomic E-state index is -3.69. The maximum Gasteiger partial charge on any atom is 0.293 e. The van der Waals surface area contributed by atoms with Gasteiger partial charge < -0.3 is 11.1 Å². The highest BCUT2D eigenvalue weighted by Gasteiger charge is 2.22. The van der Waals surface area contributed by atoms with E-state index >= 15 is 0 Å². The molecule has 0 atom stereocenters. The van der Waals surface area contributed by atoms with Gasteiger partial charge in [0, 0.05) is 26.7 Å². The lowest BCUT2D eigenvalue weighted by atomic mass is 10.2. The van der Waals surface area contributed by atoms with Crippen LogP contribution >= 0.6 is 0 Å². The zero-order valence-corrected chi connectivity index (χ0v) is 12.2. The monoisotopic (exact) mass is 302 g/mol. The van der Waals surface area contributed by atoms with Crippen molar-refractivity contribution in [1.82, 2.24) is 4.31 Å². The number of anilines is 1. The van der Waals surface area contributed by atoms with Crippen LogP contribution in [0.3, 0.4) is 0 Å². The second-order valence-electron chi connectivity index (χ2n) is 4.29. The minimum Gasteiger partial charge on any atom is -0.379 e. The van der Waals surface area contributed by atoms with Gasteiger partial charge in [-0.3, -0.25) is 10.1 Å². The van der Waals surface area contributed by atoms with Crippen LogP contribution in [0.15, 0.2) is 23.1 Å². The van der Waals surface area contributed by atoms with Crippen molar-refractivity contribution >= 4 is 21.4 Å². The average Bonchev–Trinajstić information content (AvgIpc) is 2.38. The number of nitrogens with zero attached hydrogens (tertiary/aromatic N) is 2. The molecule has 20 heavy (non-hydrogen) atoms. The first-order chi connectivity index (χ1) is 9.30. The second-order valence-corrected chi connectivity index (χ2v) is 6.44. The van der Waals surface area contributed by atoms with Gasteiger partial charge in [0.2, 0.25) is 10.0 Å². The number of benzene rings is 1. The molecule has 9 heteroatoms. The van der Waals surface area contributed by atoms with E-state index in [-0.39, 0.29) is 16.3 Å². The van der Waals surface area contributed by atoms with Crippen LogP contribution in [0.4, 0.5) is 11.4 Å². The molecule has 0 saturated carbocycles. The molecule has 112 valence electrons. The number of rotatable bonds is 7. The van der Waals surface area contributed by atoms with Gasteiger partial charge in [0.1, 0.15) is 5.69 Å². The fraction of sp³-hybridized carbons (Fsp3) is 0.455. The molecule has 0 aliphatic heterocycles. The smallest absolute Gasteiger partial charge is 0.293 e. The summed E-state index contributed by atoms with van der Waals surface area (Å²) in [4.78, 5) is 10.3. The minimum absolute atomic E-state index is 0.112. The highest BCUT2D eigenvalue weighted by Crippen LogP contribution is 2.28. The molecule has 1 aromatic carbocycles. The number of hydrogen-bond acceptors (Lipinski definition) is 6. The van der Waals surface area contributed by atoms with Gasteiger partial charge in [-0.05, 0) is 25.1 Å². The lowest BCUT2D eigenvalue weighted by molar-refractivity contribution is -0.384. The molecule has 0 heterocycles. The Kier molecular flexibility index (Phi) is 5.43. The third kappa shape index (κ3) is 3.65. The fourth-order valence-corrected chi connectivity index (χ4v) is 2.43. The average molecular weight is 302 g/mol. The first-order valence-electron chi connectivity index (χ1n) is 5.95. The predicted octanol–water partition coefficient (Wildman–Crippen LogP) is 0.606. The van der Waals surface area contributed by atoms with Gasteiger partial charge in [-0.1, -0.05) is 0 Å². The van der Waals surface area contributed by atoms with Gasteiger partial charge in [-0.25, -0.2) is 12.7 Å². The van der Waals surface area contributed by atoms with Gasteiger partial charge in [0.05, 0.1) is 9.82 Å². The number of sulfonamides is 1. The summed E-state index contributed by atoms with van der Waals surface area (Å²) in [5, 5.41) is 13.9. The number of nitrogens with one attached hydrogen (secondary N) is 1. The largest absolute Gasteiger partial charge is 0.379 e. The zero-order valence-electron chi connectivity index (χ0n) is 11.4. The van der Waals surface area contributed by atoms with Crippen molar-refractivity contribution in [1.29, 1.82) is 0 Å². The van der Waals surface area contributed by atoms with E-state index in [4.69, 9.17) is 5.73 Å². The molecule has 0 amide bonds. The maximum absolute atomic E-state index is 11.9. The van der Waals surface area contributed by atoms with Crippen molar-refractivity contribution in [2.45, 2.75) is 11.3 Å². The van der Waals surface area contributed by atoms with E-state index in [9.17, 15) is 18.5 Å². The van der Waals surface area contributed by atoms with Gasteiger partial charge in [0.15, 0.2) is 0 Å². The molecule has 3 N–H and O–H groups in total. The van der Waals surface area contributed by atoms with Crippen LogP contribution in [0, 0.1) is 10.1 Å². The van der Waals surface area contributed by atoms with Gasteiger partial charge in [-0.15, -0.1) is 0 Å². The van der Waals surface area contributed by atoms with Crippen molar-refractivity contribution in [3.63, 3.8) is 0 Å². The molecule has 0 bridgehead atoms. The molecule has 0 fully saturated rings. The Labute approximate surface area is 117 Å². The van der Waals surface area contributed by atoms with Crippen molar-refractivity contribution in [3.8, 4) is 0 Å². The van der Waals surface area contributed by atoms with Crippen LogP contribution in [0.1, 0.15) is 6.42 Å². The standard InChI is InChI=1S/C11H18N4O4S/c1-14(2)20(18,19)9-4-5-10(13-7-3-6-12)11(8-9)15(16)17/h4-5,8,13H,3,6-7,12H2,1-2H3. The summed E-state index contributed by atoms with van der Waals surface area (Å²) >= 11 is 0. The Balaban J connectivity index is 3.17. The highest BCUT2D eigenvalue weighted by molar-refractivity contribution is 7.89. The van der Waals surface area contributed by atoms with Gasteiger partial charge in [-0.2, -0.15) is 0 Å². The van der Waals surface area contributed by atoms with E-state index in [1.54, 1.807) is 0 Å². The molecule has 0 aromatic heterocycles. The van der Waals surface area contributed by atoms with Crippen LogP contribution < -0.4 is 11.1 Å². The Hall–Kier alpha value is -1.71. The molecule has 0 radical (unpaired) electrons. The first kappa shape index (κ1) is 16.3. The topological polar surface area (TPSA) is 119 Å². The lowest BCUT2D eigenvalue weighted by Gasteiger charge is -2.12. The van der Waals surface area contributed by atoms with E-state index < -0.39 is 14.9 Å². The van der Waals surface area contributed by atoms with Crippen LogP contribution in [-0.4, -0.2) is 44.8 Å². The fourth-order valence-electron chi connectivity index (χ4n) is 1.51. The molecule has 1 aromatic rings. The summed E-state index contributed by atoms with van der Waals surface area (Å²) in [6.45, 7) is 0.949. The van der Waals surface area contributed by atoms with E-state index in [0.717, 1.165) is 10.4 Å². The number of nitro groups is 1. The lowest BCUT2D eigenvalue weighted by Crippen LogP contribution is -2.22. The molecule has 0 aliphatic carbocycles. The van der Waals surface area contributed by atoms with E-state index in [2.05, 4.69) is 5.32 Å². The summed E-state index contributed by atoms with van der Waals surface area (Å²) in [7, 11) is -0.954. The summed E-state index contributed by atoms with van der Waals surface area (Å²) < 4.78 is 24.9. The summed E-state index contributed by atoms with van der Waals surface area (Å²) in [6.07, 6.45) is 0.662. The number of nitro benzene ring substituents is 1. The Morgan fingerprint density at radius 3 is 2.55 bits per heavy atom. The van der Waals surface area contributed by atoms with Crippen molar-refractivity contribution in [2.75, 3.05) is 32.5 Å². The molecule has 1 rings (SSSR count). The first-order valence-corrected chi connectivity index (χ1v) is 7.39. The SMILES string of the molecule is CN(C)S(=O)(=O)c1ccc(NCCCN)c([N+](=O)[O-])c1. The summed E-state index contributed by atoms with van der Waals surface area (Å²) in [5.74, 6) is 0. The van der Waals surface area contributed by atoms with Crippen LogP contribution in [0.2, 0.25) is 0 Å². The Morgan fingerprint density at radius 1 is 1.40 bits per heavy atom. The van der Waals surface area contributed by atoms with Crippen LogP contribution in [-0.2, 0) is 10.0 Å². The van der Waals surface area contributed by atoms with Gasteiger partial charge in [0.25, 0.3) is 5.69 Å². The maximum atomic E-state index is 11.9. The molecule has 0 spiro atoms. The van der Waals surface area contributed by atoms with Crippen LogP contribution in [0.5, 0.6) is 0 Å². The van der Waals surface area contributed by atoms with E-state index in [1.807, 2.05) is 0 Å². The van der Waals surface area contributed by atoms with E-state index in [1.165, 1.54) is 26.2 Å². The summed E-state index contributed by atoms with van der Waals surface area (Å²) in [5.41, 5.74) is 5.35. The molecular formula is C11H18N4O4S. The summed E-state index contributed by atoms with van der Waals surface area (Å²) in [6, 6.07) is 3.79. The molecular weight excluding hydrogens is 284 g/mol. The molecule has 8 nitrogen and oxygen atoms in total. The normalized spacial score (nSPS) is 11.6. The van der Waals surface area contributed by atoms with Crippen molar-refractivity contribution < 1.29 is 13.3 Å². The molecule has 0 aliphatic rings. The molecule has 0 saturated heterocycles. The number of nitrogens with two attached hydrogens (primary N) is 1. The second kappa shape index (κ2) is 6.64. The Morgan fingerprint density at radius 2 is 2.05 bits per heavy atom. The molecule has 0 unspecified atom stereocenters. The quantitative estimate of drug-likeness (QED) is 0.432. The third-order valence-corrected chi connectivity index (χ3v) is 4.45. The van der Waals surface area contributed by atoms with Gasteiger partial charge >= 0.3 is 0 Å². The van der Waals surface area contributed by atoms with E-state index in [0.29, 0.717) is 19.5 Å². The third-order valence-electron chi connectivity index (χ3n) is 2.64. The van der Waals surface area contributed by atoms with Crippen molar-refractivity contribution in [3.05, 3.63) is 28.3 Å². The highest BCUT2D eigenvalue weighted by atomic mass is 32.2. The Bertz CT molecular complexity index is 586. The van der Waals surface area contributed by atoms with Crippen molar-refractivity contribution in [2.24, 2.45) is 5.73 Å².